The molecule has 1 saturated heterocycles. The Morgan fingerprint density at radius 1 is 1.16 bits per heavy atom. The topological polar surface area (TPSA) is 96.0 Å². The van der Waals surface area contributed by atoms with E-state index in [2.05, 4.69) is 5.32 Å². The molecule has 2 atom stereocenters. The van der Waals surface area contributed by atoms with Gasteiger partial charge in [0.25, 0.3) is 5.91 Å². The molecule has 2 amide bonds. The molecular weight excluding hydrogens is 418 g/mol. The Bertz CT molecular complexity index is 987. The van der Waals surface area contributed by atoms with Crippen LogP contribution in [0.5, 0.6) is 5.75 Å². The lowest BCUT2D eigenvalue weighted by Crippen LogP contribution is -2.50. The number of rotatable bonds is 4. The van der Waals surface area contributed by atoms with E-state index in [1.807, 2.05) is 7.05 Å². The van der Waals surface area contributed by atoms with Gasteiger partial charge in [0.15, 0.2) is 6.10 Å². The second kappa shape index (κ2) is 8.43. The van der Waals surface area contributed by atoms with E-state index in [1.165, 1.54) is 16.8 Å². The Morgan fingerprint density at radius 2 is 1.87 bits per heavy atom. The second-order valence-electron chi connectivity index (χ2n) is 8.88. The van der Waals surface area contributed by atoms with Crippen molar-refractivity contribution in [2.75, 3.05) is 18.9 Å². The zero-order valence-corrected chi connectivity index (χ0v) is 19.2. The van der Waals surface area contributed by atoms with Gasteiger partial charge in [-0.15, -0.1) is 0 Å². The maximum Gasteiger partial charge on any atom is 0.265 e. The third kappa shape index (κ3) is 4.05. The first-order valence-corrected chi connectivity index (χ1v) is 12.5. The minimum atomic E-state index is -3.90. The standard InChI is InChI=1S/C22H31N3O5S/c1-14-12-17-19(30-15(2)21(26)23-17)13-20(14)31(28,29)25-11-7-10-18(25)22(27)24(3)16-8-5-4-6-9-16/h12-13,15-16,18H,4-11H2,1-3H3,(H,23,26). The molecule has 3 aliphatic rings. The SMILES string of the molecule is Cc1cc2c(cc1S(=O)(=O)N1CCCC1C(=O)N(C)C1CCCCC1)OC(C)C(=O)N2. The van der Waals surface area contributed by atoms with Crippen molar-refractivity contribution in [1.82, 2.24) is 9.21 Å². The maximum absolute atomic E-state index is 13.6. The van der Waals surface area contributed by atoms with Crippen LogP contribution in [-0.4, -0.2) is 61.2 Å². The lowest BCUT2D eigenvalue weighted by molar-refractivity contribution is -0.136. The van der Waals surface area contributed by atoms with E-state index >= 15 is 0 Å². The van der Waals surface area contributed by atoms with Crippen molar-refractivity contribution in [3.63, 3.8) is 0 Å². The van der Waals surface area contributed by atoms with Crippen LogP contribution in [0.15, 0.2) is 17.0 Å². The van der Waals surface area contributed by atoms with E-state index in [0.717, 1.165) is 25.7 Å². The van der Waals surface area contributed by atoms with E-state index in [4.69, 9.17) is 4.74 Å². The van der Waals surface area contributed by atoms with Gasteiger partial charge in [0.2, 0.25) is 15.9 Å². The molecule has 1 N–H and O–H groups in total. The number of fused-ring (bicyclic) bond motifs is 1. The monoisotopic (exact) mass is 449 g/mol. The predicted molar refractivity (Wildman–Crippen MR) is 116 cm³/mol. The van der Waals surface area contributed by atoms with Crippen LogP contribution in [0, 0.1) is 6.92 Å². The highest BCUT2D eigenvalue weighted by Gasteiger charge is 2.42. The molecule has 2 heterocycles. The van der Waals surface area contributed by atoms with Crippen LogP contribution >= 0.6 is 0 Å². The van der Waals surface area contributed by atoms with Gasteiger partial charge in [-0.3, -0.25) is 9.59 Å². The zero-order chi connectivity index (χ0) is 22.3. The van der Waals surface area contributed by atoms with Crippen molar-refractivity contribution < 1.29 is 22.7 Å². The summed E-state index contributed by atoms with van der Waals surface area (Å²) in [6, 6.07) is 2.61. The number of hydrogen-bond donors (Lipinski definition) is 1. The number of aryl methyl sites for hydroxylation is 1. The normalized spacial score (nSPS) is 24.9. The highest BCUT2D eigenvalue weighted by atomic mass is 32.2. The summed E-state index contributed by atoms with van der Waals surface area (Å²) in [5, 5.41) is 2.74. The minimum absolute atomic E-state index is 0.110. The summed E-state index contributed by atoms with van der Waals surface area (Å²) in [5.74, 6) is -0.0446. The van der Waals surface area contributed by atoms with Crippen LogP contribution in [0.4, 0.5) is 5.69 Å². The molecule has 8 nitrogen and oxygen atoms in total. The molecule has 2 fully saturated rings. The zero-order valence-electron chi connectivity index (χ0n) is 18.4. The van der Waals surface area contributed by atoms with Gasteiger partial charge < -0.3 is 15.0 Å². The van der Waals surface area contributed by atoms with Crippen LogP contribution in [-0.2, 0) is 19.6 Å². The van der Waals surface area contributed by atoms with Crippen molar-refractivity contribution >= 4 is 27.5 Å². The van der Waals surface area contributed by atoms with Gasteiger partial charge in [-0.1, -0.05) is 19.3 Å². The minimum Gasteiger partial charge on any atom is -0.479 e. The van der Waals surface area contributed by atoms with E-state index in [9.17, 15) is 18.0 Å². The summed E-state index contributed by atoms with van der Waals surface area (Å²) in [7, 11) is -2.09. The molecule has 2 aliphatic heterocycles. The highest BCUT2D eigenvalue weighted by Crippen LogP contribution is 2.37. The summed E-state index contributed by atoms with van der Waals surface area (Å²) in [5.41, 5.74) is 0.974. The van der Waals surface area contributed by atoms with E-state index < -0.39 is 22.2 Å². The number of ether oxygens (including phenoxy) is 1. The number of amides is 2. The molecule has 31 heavy (non-hydrogen) atoms. The Balaban J connectivity index is 1.61. The van der Waals surface area contributed by atoms with Crippen molar-refractivity contribution in [3.8, 4) is 5.75 Å². The number of benzene rings is 1. The molecule has 0 bridgehead atoms. The molecular formula is C22H31N3O5S. The van der Waals surface area contributed by atoms with Crippen LogP contribution in [0.25, 0.3) is 0 Å². The summed E-state index contributed by atoms with van der Waals surface area (Å²) in [4.78, 5) is 27.0. The summed E-state index contributed by atoms with van der Waals surface area (Å²) < 4.78 is 34.2. The number of nitrogens with one attached hydrogen (secondary N) is 1. The van der Waals surface area contributed by atoms with Gasteiger partial charge in [-0.25, -0.2) is 8.42 Å². The number of anilines is 1. The van der Waals surface area contributed by atoms with E-state index in [0.29, 0.717) is 36.4 Å². The summed E-state index contributed by atoms with van der Waals surface area (Å²) >= 11 is 0. The summed E-state index contributed by atoms with van der Waals surface area (Å²) in [6.07, 6.45) is 5.86. The van der Waals surface area contributed by atoms with Gasteiger partial charge in [-0.2, -0.15) is 4.31 Å². The molecule has 9 heteroatoms. The number of likely N-dealkylation sites (N-methyl/N-ethyl adjacent to an activating group) is 1. The maximum atomic E-state index is 13.6. The largest absolute Gasteiger partial charge is 0.479 e. The van der Waals surface area contributed by atoms with Gasteiger partial charge in [0.05, 0.1) is 10.6 Å². The van der Waals surface area contributed by atoms with Crippen LogP contribution in [0.3, 0.4) is 0 Å². The Labute approximate surface area is 184 Å². The summed E-state index contributed by atoms with van der Waals surface area (Å²) in [6.45, 7) is 3.63. The van der Waals surface area contributed by atoms with Gasteiger partial charge in [0.1, 0.15) is 11.8 Å². The average molecular weight is 450 g/mol. The molecule has 1 aromatic carbocycles. The lowest BCUT2D eigenvalue weighted by atomic mass is 9.94. The molecule has 0 radical (unpaired) electrons. The lowest BCUT2D eigenvalue weighted by Gasteiger charge is -2.35. The molecule has 170 valence electrons. The molecule has 4 rings (SSSR count). The molecule has 2 unspecified atom stereocenters. The molecule has 0 spiro atoms. The van der Waals surface area contributed by atoms with Crippen molar-refractivity contribution in [1.29, 1.82) is 0 Å². The third-order valence-electron chi connectivity index (χ3n) is 6.75. The van der Waals surface area contributed by atoms with Gasteiger partial charge in [0, 0.05) is 25.7 Å². The first-order chi connectivity index (χ1) is 14.7. The predicted octanol–water partition coefficient (Wildman–Crippen LogP) is 2.66. The first-order valence-electron chi connectivity index (χ1n) is 11.1. The molecule has 1 aliphatic carbocycles. The van der Waals surface area contributed by atoms with Crippen molar-refractivity contribution in [2.24, 2.45) is 0 Å². The molecule has 1 saturated carbocycles. The average Bonchev–Trinajstić information content (AvgIpc) is 3.25. The third-order valence-corrected chi connectivity index (χ3v) is 8.80. The number of hydrogen-bond acceptors (Lipinski definition) is 5. The van der Waals surface area contributed by atoms with E-state index in [1.54, 1.807) is 24.8 Å². The van der Waals surface area contributed by atoms with Crippen LogP contribution in [0.2, 0.25) is 0 Å². The number of carbonyl (C=O) groups excluding carboxylic acids is 2. The first kappa shape index (κ1) is 22.1. The number of carbonyl (C=O) groups is 2. The van der Waals surface area contributed by atoms with E-state index in [-0.39, 0.29) is 22.8 Å². The van der Waals surface area contributed by atoms with Crippen molar-refractivity contribution in [2.45, 2.75) is 81.9 Å². The molecule has 1 aromatic rings. The van der Waals surface area contributed by atoms with Crippen LogP contribution < -0.4 is 10.1 Å². The van der Waals surface area contributed by atoms with Gasteiger partial charge >= 0.3 is 0 Å². The quantitative estimate of drug-likeness (QED) is 0.762. The number of nitrogens with zero attached hydrogens (tertiary/aromatic N) is 2. The Kier molecular flexibility index (Phi) is 6.00. The number of sulfonamides is 1. The fourth-order valence-corrected chi connectivity index (χ4v) is 6.78. The Morgan fingerprint density at radius 3 is 2.58 bits per heavy atom. The highest BCUT2D eigenvalue weighted by molar-refractivity contribution is 7.89. The van der Waals surface area contributed by atoms with Crippen molar-refractivity contribution in [3.05, 3.63) is 17.7 Å². The van der Waals surface area contributed by atoms with Gasteiger partial charge in [-0.05, 0) is 51.2 Å². The Hall–Kier alpha value is -2.13. The fraction of sp³-hybridized carbons (Fsp3) is 0.636. The fourth-order valence-electron chi connectivity index (χ4n) is 4.91. The molecule has 0 aromatic heterocycles. The van der Waals surface area contributed by atoms with Crippen LogP contribution in [0.1, 0.15) is 57.4 Å². The smallest absolute Gasteiger partial charge is 0.265 e. The second-order valence-corrected chi connectivity index (χ2v) is 10.7.